The third kappa shape index (κ3) is 4.55. The van der Waals surface area contributed by atoms with Crippen LogP contribution in [0.15, 0.2) is 66.7 Å². The minimum atomic E-state index is -0.776. The highest BCUT2D eigenvalue weighted by atomic mass is 16.5. The predicted octanol–water partition coefficient (Wildman–Crippen LogP) is 3.08. The molecule has 0 aliphatic heterocycles. The van der Waals surface area contributed by atoms with Crippen molar-refractivity contribution < 1.29 is 19.1 Å². The van der Waals surface area contributed by atoms with Crippen molar-refractivity contribution in [3.05, 3.63) is 72.3 Å². The van der Waals surface area contributed by atoms with Gasteiger partial charge in [0.15, 0.2) is 6.10 Å². The van der Waals surface area contributed by atoms with Crippen molar-refractivity contribution >= 4 is 22.6 Å². The second kappa shape index (κ2) is 8.23. The number of nitrogens with one attached hydrogen (secondary N) is 2. The molecule has 2 N–H and O–H groups in total. The minimum absolute atomic E-state index is 0.402. The average molecular weight is 364 g/mol. The summed E-state index contributed by atoms with van der Waals surface area (Å²) >= 11 is 0. The highest BCUT2D eigenvalue weighted by molar-refractivity contribution is 5.95. The van der Waals surface area contributed by atoms with Crippen LogP contribution in [-0.2, 0) is 4.79 Å². The first-order chi connectivity index (χ1) is 13.1. The van der Waals surface area contributed by atoms with Gasteiger partial charge in [0.25, 0.3) is 11.8 Å². The van der Waals surface area contributed by atoms with Gasteiger partial charge in [0.2, 0.25) is 0 Å². The van der Waals surface area contributed by atoms with Crippen LogP contribution >= 0.6 is 0 Å². The summed E-state index contributed by atoms with van der Waals surface area (Å²) in [7, 11) is 1.55. The molecule has 1 unspecified atom stereocenters. The summed E-state index contributed by atoms with van der Waals surface area (Å²) in [6, 6.07) is 20.0. The Bertz CT molecular complexity index is 954. The molecule has 0 radical (unpaired) electrons. The smallest absolute Gasteiger partial charge is 0.279 e. The number of methoxy groups -OCH3 is 1. The molecule has 0 bridgehead atoms. The van der Waals surface area contributed by atoms with Crippen molar-refractivity contribution in [3.63, 3.8) is 0 Å². The van der Waals surface area contributed by atoms with Crippen LogP contribution in [0.4, 0.5) is 0 Å². The molecule has 6 nitrogen and oxygen atoms in total. The number of hydrogen-bond acceptors (Lipinski definition) is 4. The van der Waals surface area contributed by atoms with E-state index in [1.165, 1.54) is 0 Å². The summed E-state index contributed by atoms with van der Waals surface area (Å²) in [5.74, 6) is 0.347. The van der Waals surface area contributed by atoms with Gasteiger partial charge in [0.05, 0.1) is 7.11 Å². The SMILES string of the molecule is COc1ccc(C(=O)NNC(=O)C(C)Oc2ccc3ccccc3c2)cc1. The molecule has 0 fully saturated rings. The topological polar surface area (TPSA) is 76.7 Å². The number of hydrogen-bond donors (Lipinski definition) is 2. The third-order valence-corrected chi connectivity index (χ3v) is 4.05. The number of carbonyl (C=O) groups is 2. The molecule has 0 spiro atoms. The lowest BCUT2D eigenvalue weighted by atomic mass is 10.1. The Hall–Kier alpha value is -3.54. The Morgan fingerprint density at radius 1 is 0.852 bits per heavy atom. The Balaban J connectivity index is 1.55. The number of benzene rings is 3. The number of ether oxygens (including phenoxy) is 2. The molecule has 3 rings (SSSR count). The van der Waals surface area contributed by atoms with Crippen LogP contribution in [0.2, 0.25) is 0 Å². The molecule has 0 saturated carbocycles. The molecule has 138 valence electrons. The van der Waals surface area contributed by atoms with Gasteiger partial charge in [-0.1, -0.05) is 30.3 Å². The molecule has 1 atom stereocenters. The van der Waals surface area contributed by atoms with Gasteiger partial charge in [-0.25, -0.2) is 0 Å². The van der Waals surface area contributed by atoms with Crippen molar-refractivity contribution in [1.82, 2.24) is 10.9 Å². The van der Waals surface area contributed by atoms with Gasteiger partial charge in [0.1, 0.15) is 11.5 Å². The molecule has 2 amide bonds. The number of amides is 2. The lowest BCUT2D eigenvalue weighted by Crippen LogP contribution is -2.47. The molecule has 0 aliphatic carbocycles. The van der Waals surface area contributed by atoms with E-state index in [1.807, 2.05) is 42.5 Å². The largest absolute Gasteiger partial charge is 0.497 e. The Morgan fingerprint density at radius 3 is 2.22 bits per heavy atom. The zero-order valence-electron chi connectivity index (χ0n) is 15.1. The molecule has 0 heterocycles. The van der Waals surface area contributed by atoms with Gasteiger partial charge < -0.3 is 9.47 Å². The van der Waals surface area contributed by atoms with Crippen LogP contribution < -0.4 is 20.3 Å². The number of rotatable bonds is 5. The standard InChI is InChI=1S/C21H20N2O4/c1-14(27-19-12-7-15-5-3-4-6-17(15)13-19)20(24)22-23-21(25)16-8-10-18(26-2)11-9-16/h3-14H,1-2H3,(H,22,24)(H,23,25). The number of fused-ring (bicyclic) bond motifs is 1. The van der Waals surface area contributed by atoms with E-state index in [9.17, 15) is 9.59 Å². The Kier molecular flexibility index (Phi) is 5.56. The van der Waals surface area contributed by atoms with Gasteiger partial charge in [-0.05, 0) is 54.1 Å². The summed E-state index contributed by atoms with van der Waals surface area (Å²) < 4.78 is 10.7. The molecule has 27 heavy (non-hydrogen) atoms. The fourth-order valence-electron chi connectivity index (χ4n) is 2.53. The van der Waals surface area contributed by atoms with E-state index in [0.29, 0.717) is 17.1 Å². The molecule has 0 aromatic heterocycles. The van der Waals surface area contributed by atoms with Crippen LogP contribution in [0.3, 0.4) is 0 Å². The number of hydrazine groups is 1. The van der Waals surface area contributed by atoms with E-state index in [4.69, 9.17) is 9.47 Å². The molecule has 6 heteroatoms. The van der Waals surface area contributed by atoms with Gasteiger partial charge >= 0.3 is 0 Å². The second-order valence-electron chi connectivity index (χ2n) is 5.94. The minimum Gasteiger partial charge on any atom is -0.497 e. The van der Waals surface area contributed by atoms with Crippen molar-refractivity contribution in [1.29, 1.82) is 0 Å². The summed E-state index contributed by atoms with van der Waals surface area (Å²) in [5.41, 5.74) is 5.15. The van der Waals surface area contributed by atoms with Crippen molar-refractivity contribution in [2.45, 2.75) is 13.0 Å². The molecule has 3 aromatic carbocycles. The fraction of sp³-hybridized carbons (Fsp3) is 0.143. The van der Waals surface area contributed by atoms with Gasteiger partial charge in [-0.15, -0.1) is 0 Å². The van der Waals surface area contributed by atoms with Gasteiger partial charge in [0, 0.05) is 5.56 Å². The quantitative estimate of drug-likeness (QED) is 0.682. The normalized spacial score (nSPS) is 11.5. The molecule has 0 saturated heterocycles. The molecule has 0 aliphatic rings. The number of carbonyl (C=O) groups excluding carboxylic acids is 2. The Labute approximate surface area is 157 Å². The lowest BCUT2D eigenvalue weighted by molar-refractivity contribution is -0.128. The van der Waals surface area contributed by atoms with Crippen LogP contribution in [0.25, 0.3) is 10.8 Å². The highest BCUT2D eigenvalue weighted by Gasteiger charge is 2.16. The monoisotopic (exact) mass is 364 g/mol. The summed E-state index contributed by atoms with van der Waals surface area (Å²) in [6.45, 7) is 1.62. The predicted molar refractivity (Wildman–Crippen MR) is 103 cm³/mol. The average Bonchev–Trinajstić information content (AvgIpc) is 2.71. The van der Waals surface area contributed by atoms with E-state index < -0.39 is 17.9 Å². The molecule has 3 aromatic rings. The third-order valence-electron chi connectivity index (χ3n) is 4.05. The van der Waals surface area contributed by atoms with Crippen LogP contribution in [0.1, 0.15) is 17.3 Å². The van der Waals surface area contributed by atoms with Crippen molar-refractivity contribution in [2.75, 3.05) is 7.11 Å². The van der Waals surface area contributed by atoms with Crippen LogP contribution in [0.5, 0.6) is 11.5 Å². The lowest BCUT2D eigenvalue weighted by Gasteiger charge is -2.15. The summed E-state index contributed by atoms with van der Waals surface area (Å²) in [5, 5.41) is 2.11. The first-order valence-electron chi connectivity index (χ1n) is 8.46. The maximum absolute atomic E-state index is 12.2. The second-order valence-corrected chi connectivity index (χ2v) is 5.94. The first-order valence-corrected chi connectivity index (χ1v) is 8.46. The summed E-state index contributed by atoms with van der Waals surface area (Å²) in [6.07, 6.45) is -0.776. The molecular weight excluding hydrogens is 344 g/mol. The maximum Gasteiger partial charge on any atom is 0.279 e. The Morgan fingerprint density at radius 2 is 1.52 bits per heavy atom. The van der Waals surface area contributed by atoms with Crippen LogP contribution in [-0.4, -0.2) is 25.0 Å². The molecular formula is C21H20N2O4. The maximum atomic E-state index is 12.2. The van der Waals surface area contributed by atoms with Crippen molar-refractivity contribution in [2.24, 2.45) is 0 Å². The summed E-state index contributed by atoms with van der Waals surface area (Å²) in [4.78, 5) is 24.2. The first kappa shape index (κ1) is 18.3. The fourth-order valence-corrected chi connectivity index (χ4v) is 2.53. The van der Waals surface area contributed by atoms with Crippen LogP contribution in [0, 0.1) is 0 Å². The van der Waals surface area contributed by atoms with E-state index in [2.05, 4.69) is 10.9 Å². The highest BCUT2D eigenvalue weighted by Crippen LogP contribution is 2.21. The van der Waals surface area contributed by atoms with Gasteiger partial charge in [-0.3, -0.25) is 20.4 Å². The van der Waals surface area contributed by atoms with Crippen molar-refractivity contribution in [3.8, 4) is 11.5 Å². The van der Waals surface area contributed by atoms with E-state index in [-0.39, 0.29) is 0 Å². The zero-order chi connectivity index (χ0) is 19.2. The van der Waals surface area contributed by atoms with E-state index in [1.54, 1.807) is 38.3 Å². The van der Waals surface area contributed by atoms with Gasteiger partial charge in [-0.2, -0.15) is 0 Å². The zero-order valence-corrected chi connectivity index (χ0v) is 15.1. The van der Waals surface area contributed by atoms with E-state index >= 15 is 0 Å². The van der Waals surface area contributed by atoms with E-state index in [0.717, 1.165) is 10.8 Å².